The highest BCUT2D eigenvalue weighted by Crippen LogP contribution is 2.20. The van der Waals surface area contributed by atoms with Gasteiger partial charge in [0.1, 0.15) is 5.75 Å². The highest BCUT2D eigenvalue weighted by Gasteiger charge is 2.24. The molecule has 2 aromatic rings. The largest absolute Gasteiger partial charge is 0.481 e. The molecule has 2 aromatic carbocycles. The number of benzene rings is 2. The van der Waals surface area contributed by atoms with Crippen LogP contribution in [0.25, 0.3) is 0 Å². The number of rotatable bonds is 6. The zero-order chi connectivity index (χ0) is 17.8. The quantitative estimate of drug-likeness (QED) is 0.849. The highest BCUT2D eigenvalue weighted by molar-refractivity contribution is 5.98. The molecule has 5 heteroatoms. The molecular formula is C20H22N2O3. The minimum atomic E-state index is -0.647. The summed E-state index contributed by atoms with van der Waals surface area (Å²) in [6, 6.07) is 14.8. The van der Waals surface area contributed by atoms with E-state index in [1.54, 1.807) is 31.2 Å². The van der Waals surface area contributed by atoms with Crippen molar-refractivity contribution in [2.75, 3.05) is 5.32 Å². The maximum Gasteiger partial charge on any atom is 0.265 e. The Hall–Kier alpha value is -2.82. The third-order valence-electron chi connectivity index (χ3n) is 3.98. The standard InChI is InChI=1S/C20H22N2O3/c1-13-5-3-8-18(11-13)25-14(2)19(23)22-17-7-4-6-15(12-17)20(24)21-16-9-10-16/h3-8,11-12,14,16H,9-10H2,1-2H3,(H,21,24)(H,22,23). The Labute approximate surface area is 147 Å². The normalized spacial score (nSPS) is 14.5. The van der Waals surface area contributed by atoms with E-state index in [9.17, 15) is 9.59 Å². The van der Waals surface area contributed by atoms with Gasteiger partial charge < -0.3 is 15.4 Å². The van der Waals surface area contributed by atoms with Crippen molar-refractivity contribution in [1.29, 1.82) is 0 Å². The molecule has 0 radical (unpaired) electrons. The Kier molecular flexibility index (Phi) is 5.03. The van der Waals surface area contributed by atoms with Gasteiger partial charge in [-0.2, -0.15) is 0 Å². The van der Waals surface area contributed by atoms with Gasteiger partial charge in [0.25, 0.3) is 11.8 Å². The smallest absolute Gasteiger partial charge is 0.265 e. The van der Waals surface area contributed by atoms with Crippen molar-refractivity contribution < 1.29 is 14.3 Å². The van der Waals surface area contributed by atoms with E-state index in [1.807, 2.05) is 31.2 Å². The Morgan fingerprint density at radius 2 is 1.88 bits per heavy atom. The van der Waals surface area contributed by atoms with E-state index in [2.05, 4.69) is 10.6 Å². The first-order valence-corrected chi connectivity index (χ1v) is 8.46. The van der Waals surface area contributed by atoms with E-state index in [0.29, 0.717) is 23.0 Å². The molecule has 25 heavy (non-hydrogen) atoms. The molecule has 0 spiro atoms. The summed E-state index contributed by atoms with van der Waals surface area (Å²) in [5.41, 5.74) is 2.18. The number of nitrogens with one attached hydrogen (secondary N) is 2. The monoisotopic (exact) mass is 338 g/mol. The van der Waals surface area contributed by atoms with Crippen LogP contribution in [0.5, 0.6) is 5.75 Å². The summed E-state index contributed by atoms with van der Waals surface area (Å²) in [7, 11) is 0. The van der Waals surface area contributed by atoms with Crippen molar-refractivity contribution in [2.24, 2.45) is 0 Å². The Morgan fingerprint density at radius 3 is 2.60 bits per heavy atom. The van der Waals surface area contributed by atoms with Gasteiger partial charge >= 0.3 is 0 Å². The first-order chi connectivity index (χ1) is 12.0. The van der Waals surface area contributed by atoms with Gasteiger partial charge in [0.15, 0.2) is 6.10 Å². The molecule has 0 aromatic heterocycles. The Morgan fingerprint density at radius 1 is 1.12 bits per heavy atom. The lowest BCUT2D eigenvalue weighted by Crippen LogP contribution is -2.30. The third-order valence-corrected chi connectivity index (χ3v) is 3.98. The van der Waals surface area contributed by atoms with Crippen LogP contribution >= 0.6 is 0 Å². The molecule has 130 valence electrons. The molecule has 0 saturated heterocycles. The number of hydrogen-bond acceptors (Lipinski definition) is 3. The van der Waals surface area contributed by atoms with Gasteiger partial charge in [-0.3, -0.25) is 9.59 Å². The maximum absolute atomic E-state index is 12.3. The molecule has 5 nitrogen and oxygen atoms in total. The molecule has 2 amide bonds. The van der Waals surface area contributed by atoms with Gasteiger partial charge in [-0.15, -0.1) is 0 Å². The van der Waals surface area contributed by atoms with Crippen molar-refractivity contribution in [3.05, 3.63) is 59.7 Å². The van der Waals surface area contributed by atoms with E-state index in [-0.39, 0.29) is 11.8 Å². The summed E-state index contributed by atoms with van der Waals surface area (Å²) >= 11 is 0. The Balaban J connectivity index is 1.60. The average molecular weight is 338 g/mol. The minimum Gasteiger partial charge on any atom is -0.481 e. The lowest BCUT2D eigenvalue weighted by molar-refractivity contribution is -0.122. The van der Waals surface area contributed by atoms with Crippen molar-refractivity contribution in [2.45, 2.75) is 38.8 Å². The summed E-state index contributed by atoms with van der Waals surface area (Å²) in [6.45, 7) is 3.66. The molecule has 3 rings (SSSR count). The third kappa shape index (κ3) is 4.83. The van der Waals surface area contributed by atoms with Crippen LogP contribution in [0.2, 0.25) is 0 Å². The number of aryl methyl sites for hydroxylation is 1. The number of anilines is 1. The van der Waals surface area contributed by atoms with Crippen LogP contribution in [0.15, 0.2) is 48.5 Å². The van der Waals surface area contributed by atoms with Crippen LogP contribution in [0.1, 0.15) is 35.7 Å². The number of hydrogen-bond donors (Lipinski definition) is 2. The van der Waals surface area contributed by atoms with Gasteiger partial charge in [0.05, 0.1) is 0 Å². The van der Waals surface area contributed by atoms with Crippen LogP contribution in [0, 0.1) is 6.92 Å². The SMILES string of the molecule is Cc1cccc(OC(C)C(=O)Nc2cccc(C(=O)NC3CC3)c2)c1. The highest BCUT2D eigenvalue weighted by atomic mass is 16.5. The zero-order valence-electron chi connectivity index (χ0n) is 14.4. The Bertz CT molecular complexity index is 784. The van der Waals surface area contributed by atoms with Crippen LogP contribution in [-0.2, 0) is 4.79 Å². The predicted octanol–water partition coefficient (Wildman–Crippen LogP) is 3.29. The molecule has 1 aliphatic rings. The molecule has 0 aliphatic heterocycles. The van der Waals surface area contributed by atoms with Gasteiger partial charge in [-0.05, 0) is 62.6 Å². The first-order valence-electron chi connectivity index (χ1n) is 8.46. The zero-order valence-corrected chi connectivity index (χ0v) is 14.4. The fourth-order valence-corrected chi connectivity index (χ4v) is 2.42. The summed E-state index contributed by atoms with van der Waals surface area (Å²) in [5.74, 6) is 0.282. The maximum atomic E-state index is 12.3. The van der Waals surface area contributed by atoms with Crippen LogP contribution in [-0.4, -0.2) is 24.0 Å². The van der Waals surface area contributed by atoms with Crippen LogP contribution < -0.4 is 15.4 Å². The molecule has 1 fully saturated rings. The fraction of sp³-hybridized carbons (Fsp3) is 0.300. The molecule has 1 atom stereocenters. The summed E-state index contributed by atoms with van der Waals surface area (Å²) in [4.78, 5) is 24.4. The topological polar surface area (TPSA) is 67.4 Å². The number of ether oxygens (including phenoxy) is 1. The predicted molar refractivity (Wildman–Crippen MR) is 96.8 cm³/mol. The number of carbonyl (C=O) groups excluding carboxylic acids is 2. The van der Waals surface area contributed by atoms with E-state index in [4.69, 9.17) is 4.74 Å². The van der Waals surface area contributed by atoms with Crippen molar-refractivity contribution >= 4 is 17.5 Å². The molecule has 1 unspecified atom stereocenters. The number of carbonyl (C=O) groups is 2. The van der Waals surface area contributed by atoms with Gasteiger partial charge in [0.2, 0.25) is 0 Å². The molecular weight excluding hydrogens is 316 g/mol. The van der Waals surface area contributed by atoms with Gasteiger partial charge in [-0.1, -0.05) is 18.2 Å². The summed E-state index contributed by atoms with van der Waals surface area (Å²) < 4.78 is 5.68. The van der Waals surface area contributed by atoms with Gasteiger partial charge in [-0.25, -0.2) is 0 Å². The van der Waals surface area contributed by atoms with E-state index in [0.717, 1.165) is 18.4 Å². The van der Waals surface area contributed by atoms with E-state index in [1.165, 1.54) is 0 Å². The van der Waals surface area contributed by atoms with E-state index < -0.39 is 6.10 Å². The first kappa shape index (κ1) is 17.0. The summed E-state index contributed by atoms with van der Waals surface area (Å²) in [5, 5.41) is 5.73. The molecule has 1 saturated carbocycles. The molecule has 2 N–H and O–H groups in total. The van der Waals surface area contributed by atoms with Crippen molar-refractivity contribution in [3.8, 4) is 5.75 Å². The molecule has 0 heterocycles. The van der Waals surface area contributed by atoms with Crippen LogP contribution in [0.3, 0.4) is 0 Å². The molecule has 1 aliphatic carbocycles. The lowest BCUT2D eigenvalue weighted by Gasteiger charge is -2.15. The second-order valence-corrected chi connectivity index (χ2v) is 6.39. The lowest BCUT2D eigenvalue weighted by atomic mass is 10.2. The summed E-state index contributed by atoms with van der Waals surface area (Å²) in [6.07, 6.45) is 1.43. The van der Waals surface area contributed by atoms with Crippen molar-refractivity contribution in [3.63, 3.8) is 0 Å². The molecule has 0 bridgehead atoms. The van der Waals surface area contributed by atoms with Crippen molar-refractivity contribution in [1.82, 2.24) is 5.32 Å². The van der Waals surface area contributed by atoms with E-state index >= 15 is 0 Å². The second kappa shape index (κ2) is 7.38. The minimum absolute atomic E-state index is 0.109. The second-order valence-electron chi connectivity index (χ2n) is 6.39. The average Bonchev–Trinajstić information content (AvgIpc) is 3.39. The van der Waals surface area contributed by atoms with Crippen LogP contribution in [0.4, 0.5) is 5.69 Å². The fourth-order valence-electron chi connectivity index (χ4n) is 2.42. The van der Waals surface area contributed by atoms with Gasteiger partial charge in [0, 0.05) is 17.3 Å². The number of amides is 2.